The van der Waals surface area contributed by atoms with Crippen molar-refractivity contribution in [1.82, 2.24) is 10.6 Å². The summed E-state index contributed by atoms with van der Waals surface area (Å²) in [4.78, 5) is 35.8. The molecule has 9 nitrogen and oxygen atoms in total. The standard InChI is InChI=1S/C21H32N2O7/c1-5-28-18(25)17(23-20(27)30-21(2,3)4)12-11-16(24)13-22-19(26)29-14-15-9-7-6-8-10-15/h6-10,16-17,24H,5,11-14H2,1-4H3,(H,22,26)(H,23,27)/t16-,17-/m0/s1. The molecule has 0 radical (unpaired) electrons. The van der Waals surface area contributed by atoms with Crippen molar-refractivity contribution in [3.05, 3.63) is 35.9 Å². The number of carbonyl (C=O) groups is 3. The number of nitrogens with one attached hydrogen (secondary N) is 2. The Balaban J connectivity index is 2.42. The Bertz CT molecular complexity index is 674. The minimum atomic E-state index is -0.973. The Morgan fingerprint density at radius 3 is 2.30 bits per heavy atom. The maximum absolute atomic E-state index is 12.1. The molecule has 9 heteroatoms. The molecule has 2 atom stereocenters. The van der Waals surface area contributed by atoms with Crippen molar-refractivity contribution in [2.75, 3.05) is 13.2 Å². The lowest BCUT2D eigenvalue weighted by Gasteiger charge is -2.23. The molecule has 0 aliphatic rings. The maximum Gasteiger partial charge on any atom is 0.408 e. The Labute approximate surface area is 177 Å². The molecule has 0 heterocycles. The van der Waals surface area contributed by atoms with Gasteiger partial charge in [0.2, 0.25) is 0 Å². The van der Waals surface area contributed by atoms with E-state index in [-0.39, 0.29) is 32.6 Å². The topological polar surface area (TPSA) is 123 Å². The van der Waals surface area contributed by atoms with E-state index in [1.165, 1.54) is 0 Å². The summed E-state index contributed by atoms with van der Waals surface area (Å²) in [6.45, 7) is 6.99. The molecule has 0 aromatic heterocycles. The monoisotopic (exact) mass is 424 g/mol. The molecular weight excluding hydrogens is 392 g/mol. The molecular formula is C21H32N2O7. The van der Waals surface area contributed by atoms with E-state index in [4.69, 9.17) is 14.2 Å². The lowest BCUT2D eigenvalue weighted by atomic mass is 10.1. The van der Waals surface area contributed by atoms with E-state index in [1.54, 1.807) is 27.7 Å². The van der Waals surface area contributed by atoms with Gasteiger partial charge >= 0.3 is 18.2 Å². The number of aliphatic hydroxyl groups excluding tert-OH is 1. The molecule has 1 aromatic rings. The summed E-state index contributed by atoms with van der Waals surface area (Å²) in [6, 6.07) is 8.22. The number of amides is 2. The van der Waals surface area contributed by atoms with Crippen LogP contribution in [0.3, 0.4) is 0 Å². The number of hydrogen-bond donors (Lipinski definition) is 3. The molecule has 0 fully saturated rings. The van der Waals surface area contributed by atoms with E-state index in [0.717, 1.165) is 5.56 Å². The third-order valence-electron chi connectivity index (χ3n) is 3.75. The molecule has 1 rings (SSSR count). The van der Waals surface area contributed by atoms with Crippen LogP contribution < -0.4 is 10.6 Å². The van der Waals surface area contributed by atoms with Gasteiger partial charge in [-0.25, -0.2) is 14.4 Å². The van der Waals surface area contributed by atoms with Crippen LogP contribution in [0.5, 0.6) is 0 Å². The molecule has 0 saturated heterocycles. The summed E-state index contributed by atoms with van der Waals surface area (Å²) >= 11 is 0. The zero-order chi connectivity index (χ0) is 22.6. The normalized spacial score (nSPS) is 13.0. The molecule has 30 heavy (non-hydrogen) atoms. The fraction of sp³-hybridized carbons (Fsp3) is 0.571. The van der Waals surface area contributed by atoms with Crippen LogP contribution >= 0.6 is 0 Å². The second-order valence-electron chi connectivity index (χ2n) is 7.62. The lowest BCUT2D eigenvalue weighted by Crippen LogP contribution is -2.45. The van der Waals surface area contributed by atoms with Crippen molar-refractivity contribution in [2.24, 2.45) is 0 Å². The van der Waals surface area contributed by atoms with E-state index in [0.29, 0.717) is 0 Å². The fourth-order valence-electron chi connectivity index (χ4n) is 2.38. The highest BCUT2D eigenvalue weighted by Gasteiger charge is 2.26. The number of aliphatic hydroxyl groups is 1. The summed E-state index contributed by atoms with van der Waals surface area (Å²) in [5.74, 6) is -0.620. The molecule has 0 aliphatic carbocycles. The fourth-order valence-corrected chi connectivity index (χ4v) is 2.38. The average molecular weight is 424 g/mol. The van der Waals surface area contributed by atoms with Crippen LogP contribution in [-0.4, -0.2) is 54.2 Å². The highest BCUT2D eigenvalue weighted by Crippen LogP contribution is 2.09. The van der Waals surface area contributed by atoms with Gasteiger partial charge in [-0.15, -0.1) is 0 Å². The molecule has 0 unspecified atom stereocenters. The molecule has 3 N–H and O–H groups in total. The first kappa shape index (κ1) is 25.2. The summed E-state index contributed by atoms with van der Waals surface area (Å²) in [5.41, 5.74) is 0.131. The van der Waals surface area contributed by atoms with Crippen LogP contribution in [0.2, 0.25) is 0 Å². The van der Waals surface area contributed by atoms with Crippen molar-refractivity contribution in [3.8, 4) is 0 Å². The summed E-state index contributed by atoms with van der Waals surface area (Å²) in [5, 5.41) is 15.0. The van der Waals surface area contributed by atoms with Gasteiger partial charge in [-0.05, 0) is 46.1 Å². The van der Waals surface area contributed by atoms with Crippen LogP contribution in [-0.2, 0) is 25.6 Å². The molecule has 1 aromatic carbocycles. The first-order valence-corrected chi connectivity index (χ1v) is 9.89. The van der Waals surface area contributed by atoms with Gasteiger partial charge in [-0.3, -0.25) is 0 Å². The molecule has 2 amide bonds. The number of rotatable bonds is 10. The Hall–Kier alpha value is -2.81. The number of carbonyl (C=O) groups excluding carboxylic acids is 3. The van der Waals surface area contributed by atoms with Crippen LogP contribution in [0.25, 0.3) is 0 Å². The van der Waals surface area contributed by atoms with Crippen LogP contribution in [0, 0.1) is 0 Å². The third-order valence-corrected chi connectivity index (χ3v) is 3.75. The first-order chi connectivity index (χ1) is 14.1. The quantitative estimate of drug-likeness (QED) is 0.389. The number of hydrogen-bond acceptors (Lipinski definition) is 7. The second kappa shape index (κ2) is 12.7. The SMILES string of the molecule is CCOC(=O)[C@H](CC[C@H](O)CNC(=O)OCc1ccccc1)NC(=O)OC(C)(C)C. The van der Waals surface area contributed by atoms with Gasteiger partial charge in [0.15, 0.2) is 0 Å². The molecule has 0 bridgehead atoms. The van der Waals surface area contributed by atoms with Crippen molar-refractivity contribution in [3.63, 3.8) is 0 Å². The van der Waals surface area contributed by atoms with E-state index in [9.17, 15) is 19.5 Å². The summed E-state index contributed by atoms with van der Waals surface area (Å²) < 4.78 is 15.2. The van der Waals surface area contributed by atoms with Gasteiger partial charge in [0.25, 0.3) is 0 Å². The lowest BCUT2D eigenvalue weighted by molar-refractivity contribution is -0.146. The zero-order valence-electron chi connectivity index (χ0n) is 18.0. The highest BCUT2D eigenvalue weighted by molar-refractivity contribution is 5.81. The average Bonchev–Trinajstić information content (AvgIpc) is 2.67. The van der Waals surface area contributed by atoms with Crippen LogP contribution in [0.4, 0.5) is 9.59 Å². The summed E-state index contributed by atoms with van der Waals surface area (Å²) in [7, 11) is 0. The van der Waals surface area contributed by atoms with Crippen molar-refractivity contribution in [2.45, 2.75) is 64.9 Å². The predicted molar refractivity (Wildman–Crippen MR) is 110 cm³/mol. The largest absolute Gasteiger partial charge is 0.464 e. The van der Waals surface area contributed by atoms with Crippen LogP contribution in [0.15, 0.2) is 30.3 Å². The molecule has 168 valence electrons. The zero-order valence-corrected chi connectivity index (χ0v) is 18.0. The Morgan fingerprint density at radius 1 is 1.03 bits per heavy atom. The van der Waals surface area contributed by atoms with Crippen molar-refractivity contribution >= 4 is 18.2 Å². The van der Waals surface area contributed by atoms with Gasteiger partial charge < -0.3 is 30.0 Å². The van der Waals surface area contributed by atoms with Gasteiger partial charge in [0.05, 0.1) is 12.7 Å². The smallest absolute Gasteiger partial charge is 0.408 e. The minimum Gasteiger partial charge on any atom is -0.464 e. The van der Waals surface area contributed by atoms with Gasteiger partial charge in [0, 0.05) is 6.54 Å². The maximum atomic E-state index is 12.1. The number of alkyl carbamates (subject to hydrolysis) is 2. The predicted octanol–water partition coefficient (Wildman–Crippen LogP) is 2.51. The second-order valence-corrected chi connectivity index (χ2v) is 7.62. The Kier molecular flexibility index (Phi) is 10.7. The molecule has 0 aliphatic heterocycles. The Morgan fingerprint density at radius 2 is 1.70 bits per heavy atom. The first-order valence-electron chi connectivity index (χ1n) is 9.89. The van der Waals surface area contributed by atoms with Gasteiger partial charge in [0.1, 0.15) is 18.2 Å². The van der Waals surface area contributed by atoms with Gasteiger partial charge in [-0.1, -0.05) is 30.3 Å². The van der Waals surface area contributed by atoms with E-state index in [1.807, 2.05) is 30.3 Å². The van der Waals surface area contributed by atoms with E-state index in [2.05, 4.69) is 10.6 Å². The highest BCUT2D eigenvalue weighted by atomic mass is 16.6. The third kappa shape index (κ3) is 11.3. The number of ether oxygens (including phenoxy) is 3. The van der Waals surface area contributed by atoms with Crippen molar-refractivity contribution in [1.29, 1.82) is 0 Å². The van der Waals surface area contributed by atoms with Gasteiger partial charge in [-0.2, -0.15) is 0 Å². The van der Waals surface area contributed by atoms with Crippen molar-refractivity contribution < 1.29 is 33.7 Å². The molecule has 0 saturated carbocycles. The minimum absolute atomic E-state index is 0.0599. The number of benzene rings is 1. The van der Waals surface area contributed by atoms with E-state index < -0.39 is 35.9 Å². The number of esters is 1. The summed E-state index contributed by atoms with van der Waals surface area (Å²) in [6.07, 6.45) is -2.10. The van der Waals surface area contributed by atoms with Crippen LogP contribution in [0.1, 0.15) is 46.1 Å². The molecule has 0 spiro atoms. The van der Waals surface area contributed by atoms with E-state index >= 15 is 0 Å².